The van der Waals surface area contributed by atoms with Crippen molar-refractivity contribution < 1.29 is 19.4 Å². The monoisotopic (exact) mass is 263 g/mol. The molecule has 1 aromatic carbocycles. The van der Waals surface area contributed by atoms with Crippen LogP contribution in [-0.4, -0.2) is 29.1 Å². The molecule has 2 unspecified atom stereocenters. The van der Waals surface area contributed by atoms with Gasteiger partial charge in [0.2, 0.25) is 0 Å². The van der Waals surface area contributed by atoms with Gasteiger partial charge in [0.1, 0.15) is 11.8 Å². The Kier molecular flexibility index (Phi) is 3.46. The van der Waals surface area contributed by atoms with Gasteiger partial charge in [0.15, 0.2) is 6.10 Å². The first-order valence-electron chi connectivity index (χ1n) is 6.29. The Bertz CT molecular complexity index is 526. The van der Waals surface area contributed by atoms with Crippen molar-refractivity contribution >= 4 is 17.6 Å². The highest BCUT2D eigenvalue weighted by Crippen LogP contribution is 2.36. The maximum absolute atomic E-state index is 12.2. The Morgan fingerprint density at radius 3 is 2.79 bits per heavy atom. The third-order valence-electron chi connectivity index (χ3n) is 3.25. The topological polar surface area (TPSA) is 66.8 Å². The molecular formula is C14H17NO4. The minimum absolute atomic E-state index is 0.314. The smallest absolute Gasteiger partial charge is 0.326 e. The molecule has 1 amide bonds. The first-order valence-corrected chi connectivity index (χ1v) is 6.29. The van der Waals surface area contributed by atoms with E-state index in [0.717, 1.165) is 5.56 Å². The molecule has 0 saturated heterocycles. The maximum Gasteiger partial charge on any atom is 0.326 e. The van der Waals surface area contributed by atoms with Crippen LogP contribution in [0.15, 0.2) is 18.2 Å². The van der Waals surface area contributed by atoms with Crippen molar-refractivity contribution in [2.45, 2.75) is 39.3 Å². The number of anilines is 1. The zero-order valence-corrected chi connectivity index (χ0v) is 11.2. The number of carbonyl (C=O) groups excluding carboxylic acids is 1. The molecule has 1 aliphatic rings. The van der Waals surface area contributed by atoms with Gasteiger partial charge in [-0.25, -0.2) is 4.79 Å². The quantitative estimate of drug-likeness (QED) is 0.905. The molecule has 1 N–H and O–H groups in total. The number of benzene rings is 1. The van der Waals surface area contributed by atoms with E-state index in [-0.39, 0.29) is 5.91 Å². The zero-order valence-electron chi connectivity index (χ0n) is 11.2. The summed E-state index contributed by atoms with van der Waals surface area (Å²) in [5, 5.41) is 9.28. The maximum atomic E-state index is 12.2. The van der Waals surface area contributed by atoms with Crippen molar-refractivity contribution in [1.29, 1.82) is 0 Å². The number of carboxylic acid groups (broad SMARTS) is 1. The van der Waals surface area contributed by atoms with E-state index >= 15 is 0 Å². The number of rotatable bonds is 3. The van der Waals surface area contributed by atoms with Crippen LogP contribution in [0.25, 0.3) is 0 Å². The van der Waals surface area contributed by atoms with Crippen LogP contribution in [0.5, 0.6) is 5.75 Å². The van der Waals surface area contributed by atoms with E-state index in [1.165, 1.54) is 4.90 Å². The van der Waals surface area contributed by atoms with Crippen LogP contribution in [0.3, 0.4) is 0 Å². The average Bonchev–Trinajstić information content (AvgIpc) is 2.34. The van der Waals surface area contributed by atoms with Gasteiger partial charge in [0.25, 0.3) is 5.91 Å². The standard InChI is InChI=1S/C14H17NO4/c1-4-10(14(17)18)15-11-6-5-8(2)7-12(11)19-9(3)13(15)16/h5-7,9-10H,4H2,1-3H3,(H,17,18). The summed E-state index contributed by atoms with van der Waals surface area (Å²) in [4.78, 5) is 24.9. The molecule has 5 heteroatoms. The summed E-state index contributed by atoms with van der Waals surface area (Å²) in [6, 6.07) is 4.53. The van der Waals surface area contributed by atoms with E-state index in [1.54, 1.807) is 19.9 Å². The number of carbonyl (C=O) groups is 2. The number of nitrogens with zero attached hydrogens (tertiary/aromatic N) is 1. The minimum Gasteiger partial charge on any atom is -0.480 e. The number of carboxylic acids is 1. The Morgan fingerprint density at radius 1 is 1.53 bits per heavy atom. The van der Waals surface area contributed by atoms with Gasteiger partial charge in [-0.3, -0.25) is 9.69 Å². The third-order valence-corrected chi connectivity index (χ3v) is 3.25. The fraction of sp³-hybridized carbons (Fsp3) is 0.429. The molecule has 0 radical (unpaired) electrons. The fourth-order valence-corrected chi connectivity index (χ4v) is 2.26. The second-order valence-corrected chi connectivity index (χ2v) is 4.70. The Balaban J connectivity index is 2.53. The lowest BCUT2D eigenvalue weighted by Crippen LogP contribution is -2.52. The normalized spacial score (nSPS) is 19.6. The summed E-state index contributed by atoms with van der Waals surface area (Å²) in [5.74, 6) is -0.756. The summed E-state index contributed by atoms with van der Waals surface area (Å²) in [7, 11) is 0. The Labute approximate surface area is 111 Å². The molecular weight excluding hydrogens is 246 g/mol. The second-order valence-electron chi connectivity index (χ2n) is 4.70. The number of aryl methyl sites for hydroxylation is 1. The first kappa shape index (κ1) is 13.4. The molecule has 5 nitrogen and oxygen atoms in total. The number of aliphatic carboxylic acids is 1. The highest BCUT2D eigenvalue weighted by atomic mass is 16.5. The highest BCUT2D eigenvalue weighted by Gasteiger charge is 2.38. The van der Waals surface area contributed by atoms with Gasteiger partial charge >= 0.3 is 5.97 Å². The van der Waals surface area contributed by atoms with E-state index < -0.39 is 18.1 Å². The van der Waals surface area contributed by atoms with Crippen LogP contribution in [-0.2, 0) is 9.59 Å². The van der Waals surface area contributed by atoms with E-state index in [4.69, 9.17) is 4.74 Å². The summed E-state index contributed by atoms with van der Waals surface area (Å²) in [6.07, 6.45) is -0.316. The molecule has 0 saturated carbocycles. The molecule has 0 aromatic heterocycles. The van der Waals surface area contributed by atoms with Crippen LogP contribution < -0.4 is 9.64 Å². The number of fused-ring (bicyclic) bond motifs is 1. The molecule has 1 aliphatic heterocycles. The highest BCUT2D eigenvalue weighted by molar-refractivity contribution is 6.04. The summed E-state index contributed by atoms with van der Waals surface area (Å²) < 4.78 is 5.55. The summed E-state index contributed by atoms with van der Waals surface area (Å²) >= 11 is 0. The molecule has 1 heterocycles. The molecule has 0 aliphatic carbocycles. The van der Waals surface area contributed by atoms with Crippen LogP contribution in [0.2, 0.25) is 0 Å². The lowest BCUT2D eigenvalue weighted by Gasteiger charge is -2.36. The van der Waals surface area contributed by atoms with Gasteiger partial charge in [0.05, 0.1) is 5.69 Å². The SMILES string of the molecule is CCC(C(=O)O)N1C(=O)C(C)Oc2cc(C)ccc21. The predicted octanol–water partition coefficient (Wildman–Crippen LogP) is 1.97. The van der Waals surface area contributed by atoms with Gasteiger partial charge < -0.3 is 9.84 Å². The Morgan fingerprint density at radius 2 is 2.21 bits per heavy atom. The molecule has 0 spiro atoms. The van der Waals surface area contributed by atoms with Crippen molar-refractivity contribution in [1.82, 2.24) is 0 Å². The van der Waals surface area contributed by atoms with E-state index in [9.17, 15) is 14.7 Å². The molecule has 2 rings (SSSR count). The largest absolute Gasteiger partial charge is 0.480 e. The Hall–Kier alpha value is -2.04. The second kappa shape index (κ2) is 4.91. The van der Waals surface area contributed by atoms with Gasteiger partial charge in [0, 0.05) is 0 Å². The molecule has 19 heavy (non-hydrogen) atoms. The summed E-state index contributed by atoms with van der Waals surface area (Å²) in [5.41, 5.74) is 1.53. The van der Waals surface area contributed by atoms with Gasteiger partial charge in [-0.05, 0) is 38.0 Å². The van der Waals surface area contributed by atoms with Crippen molar-refractivity contribution in [2.75, 3.05) is 4.90 Å². The van der Waals surface area contributed by atoms with Crippen molar-refractivity contribution in [2.24, 2.45) is 0 Å². The number of amides is 1. The van der Waals surface area contributed by atoms with E-state index in [2.05, 4.69) is 0 Å². The van der Waals surface area contributed by atoms with Gasteiger partial charge in [-0.1, -0.05) is 13.0 Å². The summed E-state index contributed by atoms with van der Waals surface area (Å²) in [6.45, 7) is 5.30. The van der Waals surface area contributed by atoms with Crippen LogP contribution >= 0.6 is 0 Å². The number of hydrogen-bond donors (Lipinski definition) is 1. The van der Waals surface area contributed by atoms with Gasteiger partial charge in [-0.15, -0.1) is 0 Å². The fourth-order valence-electron chi connectivity index (χ4n) is 2.26. The van der Waals surface area contributed by atoms with Crippen LogP contribution in [0.4, 0.5) is 5.69 Å². The van der Waals surface area contributed by atoms with Crippen LogP contribution in [0.1, 0.15) is 25.8 Å². The first-order chi connectivity index (χ1) is 8.95. The molecule has 2 atom stereocenters. The average molecular weight is 263 g/mol. The van der Waals surface area contributed by atoms with E-state index in [0.29, 0.717) is 17.9 Å². The molecule has 102 valence electrons. The number of hydrogen-bond acceptors (Lipinski definition) is 3. The van der Waals surface area contributed by atoms with Gasteiger partial charge in [-0.2, -0.15) is 0 Å². The van der Waals surface area contributed by atoms with E-state index in [1.807, 2.05) is 19.1 Å². The minimum atomic E-state index is -1.00. The zero-order chi connectivity index (χ0) is 14.2. The van der Waals surface area contributed by atoms with Crippen molar-refractivity contribution in [3.05, 3.63) is 23.8 Å². The third kappa shape index (κ3) is 2.28. The van der Waals surface area contributed by atoms with Crippen molar-refractivity contribution in [3.63, 3.8) is 0 Å². The lowest BCUT2D eigenvalue weighted by molar-refractivity contribution is -0.141. The molecule has 0 fully saturated rings. The number of ether oxygens (including phenoxy) is 1. The lowest BCUT2D eigenvalue weighted by atomic mass is 10.1. The molecule has 0 bridgehead atoms. The van der Waals surface area contributed by atoms with Crippen molar-refractivity contribution in [3.8, 4) is 5.75 Å². The van der Waals surface area contributed by atoms with Crippen LogP contribution in [0, 0.1) is 6.92 Å². The molecule has 1 aromatic rings. The predicted molar refractivity (Wildman–Crippen MR) is 70.5 cm³/mol.